The zero-order valence-corrected chi connectivity index (χ0v) is 15.3. The molecule has 20 heavy (non-hydrogen) atoms. The molecule has 0 atom stereocenters. The van der Waals surface area contributed by atoms with Crippen molar-refractivity contribution in [2.45, 2.75) is 56.4 Å². The van der Waals surface area contributed by atoms with E-state index >= 15 is 0 Å². The molecule has 0 bridgehead atoms. The molecule has 1 saturated carbocycles. The predicted octanol–water partition coefficient (Wildman–Crippen LogP) is 5.17. The van der Waals surface area contributed by atoms with Crippen LogP contribution >= 0.6 is 39.0 Å². The Morgan fingerprint density at radius 1 is 1.35 bits per heavy atom. The largest absolute Gasteiger partial charge is 0.255 e. The van der Waals surface area contributed by atoms with Crippen LogP contribution in [0.2, 0.25) is 0 Å². The Hall–Kier alpha value is -0.330. The molecule has 2 aromatic rings. The lowest BCUT2D eigenvalue weighted by Crippen LogP contribution is -2.09. The average Bonchev–Trinajstić information content (AvgIpc) is 3.01. The molecule has 0 radical (unpaired) electrons. The highest BCUT2D eigenvalue weighted by Crippen LogP contribution is 2.46. The number of aryl methyl sites for hydroxylation is 1. The number of halogens is 1. The smallest absolute Gasteiger partial charge is 0.206 e. The highest BCUT2D eigenvalue weighted by molar-refractivity contribution is 9.10. The topological polar surface area (TPSA) is 30.7 Å². The predicted molar refractivity (Wildman–Crippen MR) is 89.3 cm³/mol. The summed E-state index contributed by atoms with van der Waals surface area (Å²) in [4.78, 5) is 1.53. The van der Waals surface area contributed by atoms with Crippen molar-refractivity contribution in [3.05, 3.63) is 21.2 Å². The van der Waals surface area contributed by atoms with Crippen LogP contribution in [0.1, 0.15) is 50.0 Å². The Morgan fingerprint density at radius 3 is 2.65 bits per heavy atom. The standard InChI is InChI=1S/C14H18BrN3S2/c1-8-7-10(19-11(8)9-5-6-9)18-12(15)16-17-13(18)20-14(2,3)4/h7,9H,5-6H2,1-4H3. The van der Waals surface area contributed by atoms with E-state index in [9.17, 15) is 0 Å². The van der Waals surface area contributed by atoms with Crippen LogP contribution in [0.3, 0.4) is 0 Å². The highest BCUT2D eigenvalue weighted by Gasteiger charge is 2.28. The van der Waals surface area contributed by atoms with Gasteiger partial charge < -0.3 is 0 Å². The van der Waals surface area contributed by atoms with Gasteiger partial charge in [0.2, 0.25) is 4.73 Å². The van der Waals surface area contributed by atoms with E-state index in [-0.39, 0.29) is 4.75 Å². The summed E-state index contributed by atoms with van der Waals surface area (Å²) in [6.07, 6.45) is 2.68. The van der Waals surface area contributed by atoms with E-state index < -0.39 is 0 Å². The van der Waals surface area contributed by atoms with Gasteiger partial charge in [-0.15, -0.1) is 21.5 Å². The maximum Gasteiger partial charge on any atom is 0.206 e. The Bertz CT molecular complexity index is 635. The first kappa shape index (κ1) is 14.6. The van der Waals surface area contributed by atoms with Crippen LogP contribution in [-0.2, 0) is 0 Å². The molecule has 0 aliphatic heterocycles. The molecule has 3 nitrogen and oxygen atoms in total. The van der Waals surface area contributed by atoms with E-state index in [1.807, 2.05) is 11.3 Å². The Morgan fingerprint density at radius 2 is 2.05 bits per heavy atom. The Labute approximate surface area is 136 Å². The van der Waals surface area contributed by atoms with Gasteiger partial charge in [0.15, 0.2) is 5.16 Å². The van der Waals surface area contributed by atoms with Gasteiger partial charge in [-0.3, -0.25) is 4.57 Å². The van der Waals surface area contributed by atoms with Gasteiger partial charge in [-0.2, -0.15) is 0 Å². The van der Waals surface area contributed by atoms with Gasteiger partial charge in [0.1, 0.15) is 5.00 Å². The molecular weight excluding hydrogens is 354 g/mol. The number of aromatic nitrogens is 3. The van der Waals surface area contributed by atoms with Crippen molar-refractivity contribution in [2.24, 2.45) is 0 Å². The fourth-order valence-electron chi connectivity index (χ4n) is 2.12. The van der Waals surface area contributed by atoms with E-state index in [2.05, 4.69) is 64.5 Å². The molecule has 6 heteroatoms. The Kier molecular flexibility index (Phi) is 3.75. The van der Waals surface area contributed by atoms with Gasteiger partial charge in [0.05, 0.1) is 0 Å². The van der Waals surface area contributed by atoms with Crippen molar-refractivity contribution in [2.75, 3.05) is 0 Å². The molecule has 1 aliphatic carbocycles. The van der Waals surface area contributed by atoms with Crippen molar-refractivity contribution in [3.8, 4) is 5.00 Å². The summed E-state index contributed by atoms with van der Waals surface area (Å²) < 4.78 is 3.03. The lowest BCUT2D eigenvalue weighted by atomic mass is 10.2. The third-order valence-corrected chi connectivity index (χ3v) is 6.06. The number of hydrogen-bond acceptors (Lipinski definition) is 4. The quantitative estimate of drug-likeness (QED) is 0.697. The Balaban J connectivity index is 2.00. The molecule has 0 amide bonds. The second-order valence-corrected chi connectivity index (χ2v) is 9.77. The van der Waals surface area contributed by atoms with Crippen LogP contribution in [-0.4, -0.2) is 19.5 Å². The first-order chi connectivity index (χ1) is 9.35. The number of nitrogens with zero attached hydrogens (tertiary/aromatic N) is 3. The third kappa shape index (κ3) is 2.97. The molecule has 0 N–H and O–H groups in total. The normalized spacial score (nSPS) is 15.8. The summed E-state index contributed by atoms with van der Waals surface area (Å²) >= 11 is 7.16. The van der Waals surface area contributed by atoms with Crippen molar-refractivity contribution in [3.63, 3.8) is 0 Å². The first-order valence-corrected chi connectivity index (χ1v) is 9.18. The molecule has 0 saturated heterocycles. The second-order valence-electron chi connectivity index (χ2n) is 6.21. The summed E-state index contributed by atoms with van der Waals surface area (Å²) in [7, 11) is 0. The molecule has 3 rings (SSSR count). The van der Waals surface area contributed by atoms with Gasteiger partial charge >= 0.3 is 0 Å². The lowest BCUT2D eigenvalue weighted by Gasteiger charge is -2.16. The van der Waals surface area contributed by atoms with Crippen LogP contribution < -0.4 is 0 Å². The molecule has 0 aromatic carbocycles. The van der Waals surface area contributed by atoms with Crippen molar-refractivity contribution in [1.29, 1.82) is 0 Å². The van der Waals surface area contributed by atoms with E-state index in [1.165, 1.54) is 28.3 Å². The maximum atomic E-state index is 4.31. The molecule has 1 aliphatic rings. The number of rotatable bonds is 3. The van der Waals surface area contributed by atoms with Crippen molar-refractivity contribution in [1.82, 2.24) is 14.8 Å². The van der Waals surface area contributed by atoms with Crippen LogP contribution in [0.4, 0.5) is 0 Å². The minimum atomic E-state index is 0.121. The zero-order chi connectivity index (χ0) is 14.5. The third-order valence-electron chi connectivity index (χ3n) is 3.10. The average molecular weight is 372 g/mol. The van der Waals surface area contributed by atoms with Gasteiger partial charge in [-0.05, 0) is 53.2 Å². The van der Waals surface area contributed by atoms with Crippen LogP contribution in [0.5, 0.6) is 0 Å². The lowest BCUT2D eigenvalue weighted by molar-refractivity contribution is 0.782. The van der Waals surface area contributed by atoms with Crippen molar-refractivity contribution < 1.29 is 0 Å². The number of thiophene rings is 1. The minimum absolute atomic E-state index is 0.121. The van der Waals surface area contributed by atoms with Gasteiger partial charge in [0.25, 0.3) is 0 Å². The molecule has 2 aromatic heterocycles. The fourth-order valence-corrected chi connectivity index (χ4v) is 5.10. The van der Waals surface area contributed by atoms with Crippen molar-refractivity contribution >= 4 is 39.0 Å². The minimum Gasteiger partial charge on any atom is -0.255 e. The van der Waals surface area contributed by atoms with E-state index in [4.69, 9.17) is 0 Å². The molecule has 1 fully saturated rings. The van der Waals surface area contributed by atoms with Crippen LogP contribution in [0.25, 0.3) is 5.00 Å². The second kappa shape index (κ2) is 5.14. The SMILES string of the molecule is Cc1cc(-n2c(Br)nnc2SC(C)(C)C)sc1C1CC1. The summed E-state index contributed by atoms with van der Waals surface area (Å²) in [5.41, 5.74) is 1.40. The molecule has 108 valence electrons. The number of thioether (sulfide) groups is 1. The molecule has 0 spiro atoms. The van der Waals surface area contributed by atoms with Gasteiger partial charge in [-0.25, -0.2) is 0 Å². The zero-order valence-electron chi connectivity index (χ0n) is 12.1. The summed E-state index contributed by atoms with van der Waals surface area (Å²) in [5, 5.41) is 10.7. The highest BCUT2D eigenvalue weighted by atomic mass is 79.9. The molecule has 2 heterocycles. The van der Waals surface area contributed by atoms with Crippen LogP contribution in [0, 0.1) is 6.92 Å². The number of hydrogen-bond donors (Lipinski definition) is 0. The van der Waals surface area contributed by atoms with Crippen LogP contribution in [0.15, 0.2) is 16.0 Å². The summed E-state index contributed by atoms with van der Waals surface area (Å²) in [6, 6.07) is 2.26. The first-order valence-electron chi connectivity index (χ1n) is 6.76. The molecule has 0 unspecified atom stereocenters. The summed E-state index contributed by atoms with van der Waals surface area (Å²) in [6.45, 7) is 8.79. The maximum absolute atomic E-state index is 4.31. The van der Waals surface area contributed by atoms with E-state index in [1.54, 1.807) is 11.8 Å². The van der Waals surface area contributed by atoms with E-state index in [0.29, 0.717) is 0 Å². The monoisotopic (exact) mass is 371 g/mol. The van der Waals surface area contributed by atoms with Gasteiger partial charge in [0, 0.05) is 9.62 Å². The molecular formula is C14H18BrN3S2. The fraction of sp³-hybridized carbons (Fsp3) is 0.571. The summed E-state index contributed by atoms with van der Waals surface area (Å²) in [5.74, 6) is 0.794. The van der Waals surface area contributed by atoms with Gasteiger partial charge in [-0.1, -0.05) is 32.5 Å². The van der Waals surface area contributed by atoms with E-state index in [0.717, 1.165) is 15.8 Å².